The van der Waals surface area contributed by atoms with Gasteiger partial charge in [0.2, 0.25) is 5.91 Å². The molecule has 2 aromatic rings. The first-order valence-corrected chi connectivity index (χ1v) is 8.60. The van der Waals surface area contributed by atoms with Crippen molar-refractivity contribution in [2.24, 2.45) is 0 Å². The van der Waals surface area contributed by atoms with Gasteiger partial charge in [0.25, 0.3) is 5.91 Å². The Morgan fingerprint density at radius 1 is 1.15 bits per heavy atom. The maximum atomic E-state index is 13.2. The number of nitrogens with one attached hydrogen (secondary N) is 1. The highest BCUT2D eigenvalue weighted by molar-refractivity contribution is 6.08. The summed E-state index contributed by atoms with van der Waals surface area (Å²) in [5.74, 6) is 0.0331. The molecule has 1 fully saturated rings. The summed E-state index contributed by atoms with van der Waals surface area (Å²) in [5.41, 5.74) is 0.856. The van der Waals surface area contributed by atoms with Crippen molar-refractivity contribution in [1.82, 2.24) is 10.2 Å². The number of piperazine rings is 1. The van der Waals surface area contributed by atoms with Crippen LogP contribution < -0.4 is 15.0 Å². The van der Waals surface area contributed by atoms with Crippen LogP contribution in [0.2, 0.25) is 0 Å². The number of rotatable bonds is 5. The molecule has 3 rings (SSSR count). The van der Waals surface area contributed by atoms with Crippen molar-refractivity contribution in [1.29, 1.82) is 0 Å². The lowest BCUT2D eigenvalue weighted by Gasteiger charge is -2.30. The van der Waals surface area contributed by atoms with Gasteiger partial charge in [-0.25, -0.2) is 0 Å². The number of amides is 2. The molecule has 1 saturated heterocycles. The molecule has 0 atom stereocenters. The third-order valence-corrected chi connectivity index (χ3v) is 4.33. The van der Waals surface area contributed by atoms with E-state index >= 15 is 0 Å². The van der Waals surface area contributed by atoms with Gasteiger partial charge in [0.15, 0.2) is 0 Å². The van der Waals surface area contributed by atoms with Gasteiger partial charge in [-0.1, -0.05) is 18.2 Å². The van der Waals surface area contributed by atoms with Crippen molar-refractivity contribution in [2.75, 3.05) is 44.7 Å². The van der Waals surface area contributed by atoms with Crippen LogP contribution in [0.3, 0.4) is 0 Å². The van der Waals surface area contributed by atoms with E-state index in [1.807, 2.05) is 18.2 Å². The first-order valence-electron chi connectivity index (χ1n) is 9.10. The number of hydrogen-bond acceptors (Lipinski definition) is 4. The lowest BCUT2D eigenvalue weighted by Crippen LogP contribution is -2.50. The van der Waals surface area contributed by atoms with Gasteiger partial charge in [-0.3, -0.25) is 14.5 Å². The average molecular weight is 354 g/mol. The van der Waals surface area contributed by atoms with Crippen molar-refractivity contribution in [3.63, 3.8) is 0 Å². The number of ether oxygens (including phenoxy) is 1. The summed E-state index contributed by atoms with van der Waals surface area (Å²) in [7, 11) is 1.51. The zero-order valence-electron chi connectivity index (χ0n) is 15.8. The summed E-state index contributed by atoms with van der Waals surface area (Å²) < 4.78 is 13.3. The molecule has 2 amide bonds. The number of methoxy groups -OCH3 is 1. The predicted octanol–water partition coefficient (Wildman–Crippen LogP) is 1.77. The van der Waals surface area contributed by atoms with Gasteiger partial charge in [-0.15, -0.1) is 0 Å². The van der Waals surface area contributed by atoms with Gasteiger partial charge in [0.05, 0.1) is 8.48 Å². The number of carbonyl (C=O) groups is 2. The maximum Gasteiger partial charge on any atom is 0.258 e. The molecule has 0 aromatic heterocycles. The third-order valence-electron chi connectivity index (χ3n) is 4.33. The second-order valence-electron chi connectivity index (χ2n) is 6.00. The van der Waals surface area contributed by atoms with E-state index in [9.17, 15) is 9.59 Å². The highest BCUT2D eigenvalue weighted by Crippen LogP contribution is 2.19. The fraction of sp³-hybridized carbons (Fsp3) is 0.300. The van der Waals surface area contributed by atoms with Gasteiger partial charge in [0.1, 0.15) is 12.3 Å². The average Bonchev–Trinajstić information content (AvgIpc) is 2.72. The molecule has 1 N–H and O–H groups in total. The van der Waals surface area contributed by atoms with Gasteiger partial charge in [-0.05, 0) is 36.4 Å². The van der Waals surface area contributed by atoms with Crippen LogP contribution in [0.4, 0.5) is 5.69 Å². The van der Waals surface area contributed by atoms with Crippen LogP contribution >= 0.6 is 0 Å². The summed E-state index contributed by atoms with van der Waals surface area (Å²) in [4.78, 5) is 29.1. The van der Waals surface area contributed by atoms with Crippen LogP contribution in [0.25, 0.3) is 0 Å². The number of anilines is 1. The molecule has 2 aromatic carbocycles. The standard InChI is InChI=1S/C20H23N3O3/c1-26-18-9-7-16(8-10-18)20(25)23(17-5-3-2-4-6-17)15-19(24)22-13-11-21-12-14-22/h2-10,21H,11-15H2,1H3/i7D. The zero-order valence-corrected chi connectivity index (χ0v) is 14.8. The van der Waals surface area contributed by atoms with Gasteiger partial charge < -0.3 is 15.0 Å². The summed E-state index contributed by atoms with van der Waals surface area (Å²) >= 11 is 0. The van der Waals surface area contributed by atoms with E-state index in [-0.39, 0.29) is 30.0 Å². The van der Waals surface area contributed by atoms with E-state index in [1.165, 1.54) is 18.1 Å². The van der Waals surface area contributed by atoms with E-state index in [1.54, 1.807) is 29.2 Å². The first kappa shape index (κ1) is 16.6. The second-order valence-corrected chi connectivity index (χ2v) is 6.00. The highest BCUT2D eigenvalue weighted by atomic mass is 16.5. The number of hydrogen-bond donors (Lipinski definition) is 1. The smallest absolute Gasteiger partial charge is 0.258 e. The summed E-state index contributed by atoms with van der Waals surface area (Å²) in [6.07, 6.45) is 0. The van der Waals surface area contributed by atoms with Crippen molar-refractivity contribution < 1.29 is 15.7 Å². The summed E-state index contributed by atoms with van der Waals surface area (Å²) in [6, 6.07) is 13.8. The highest BCUT2D eigenvalue weighted by Gasteiger charge is 2.24. The molecule has 26 heavy (non-hydrogen) atoms. The third kappa shape index (κ3) is 4.21. The Kier molecular flexibility index (Phi) is 5.42. The van der Waals surface area contributed by atoms with Crippen LogP contribution in [-0.2, 0) is 4.79 Å². The minimum atomic E-state index is -0.377. The Morgan fingerprint density at radius 3 is 2.54 bits per heavy atom. The number of para-hydroxylation sites is 1. The molecule has 0 aliphatic carbocycles. The van der Waals surface area contributed by atoms with Crippen molar-refractivity contribution in [3.05, 3.63) is 60.1 Å². The minimum absolute atomic E-state index is 0.0612. The van der Waals surface area contributed by atoms with Gasteiger partial charge in [-0.2, -0.15) is 0 Å². The Bertz CT molecular complexity index is 807. The zero-order chi connectivity index (χ0) is 19.2. The van der Waals surface area contributed by atoms with Crippen molar-refractivity contribution in [3.8, 4) is 5.75 Å². The molecule has 6 nitrogen and oxygen atoms in total. The summed E-state index contributed by atoms with van der Waals surface area (Å²) in [5, 5.41) is 3.21. The second kappa shape index (κ2) is 8.49. The van der Waals surface area contributed by atoms with Crippen LogP contribution in [-0.4, -0.2) is 56.5 Å². The van der Waals surface area contributed by atoms with E-state index in [4.69, 9.17) is 6.11 Å². The number of nitrogens with zero attached hydrogens (tertiary/aromatic N) is 2. The lowest BCUT2D eigenvalue weighted by atomic mass is 10.1. The van der Waals surface area contributed by atoms with Crippen LogP contribution in [0.15, 0.2) is 54.6 Å². The molecule has 6 heteroatoms. The fourth-order valence-electron chi connectivity index (χ4n) is 2.85. The Balaban J connectivity index is 1.88. The number of benzene rings is 2. The van der Waals surface area contributed by atoms with Crippen molar-refractivity contribution in [2.45, 2.75) is 0 Å². The largest absolute Gasteiger partial charge is 0.497 e. The molecule has 136 valence electrons. The molecule has 1 aliphatic rings. The monoisotopic (exact) mass is 354 g/mol. The van der Waals surface area contributed by atoms with Crippen LogP contribution in [0, 0.1) is 0 Å². The fourth-order valence-corrected chi connectivity index (χ4v) is 2.85. The Labute approximate surface area is 154 Å². The van der Waals surface area contributed by atoms with E-state index in [0.29, 0.717) is 24.5 Å². The molecule has 0 saturated carbocycles. The molecule has 0 spiro atoms. The molecule has 1 heterocycles. The van der Waals surface area contributed by atoms with E-state index in [2.05, 4.69) is 5.32 Å². The molecule has 0 radical (unpaired) electrons. The first-order chi connectivity index (χ1) is 13.1. The van der Waals surface area contributed by atoms with Gasteiger partial charge in [0, 0.05) is 37.4 Å². The molecule has 0 bridgehead atoms. The minimum Gasteiger partial charge on any atom is -0.497 e. The van der Waals surface area contributed by atoms with Crippen molar-refractivity contribution >= 4 is 17.5 Å². The van der Waals surface area contributed by atoms with Gasteiger partial charge >= 0.3 is 0 Å². The normalized spacial score (nSPS) is 14.5. The maximum absolute atomic E-state index is 13.2. The summed E-state index contributed by atoms with van der Waals surface area (Å²) in [6.45, 7) is 2.69. The lowest BCUT2D eigenvalue weighted by molar-refractivity contribution is -0.130. The molecule has 0 unspecified atom stereocenters. The Morgan fingerprint density at radius 2 is 1.88 bits per heavy atom. The van der Waals surface area contributed by atoms with Crippen LogP contribution in [0.5, 0.6) is 5.75 Å². The molecule has 1 aliphatic heterocycles. The molecular formula is C20H23N3O3. The SMILES string of the molecule is [2H]c1cc(OC)ccc1C(=O)N(CC(=O)N1CCNCC1)c1ccccc1. The molecular weight excluding hydrogens is 330 g/mol. The quantitative estimate of drug-likeness (QED) is 0.889. The number of carbonyl (C=O) groups excluding carboxylic acids is 2. The predicted molar refractivity (Wildman–Crippen MR) is 101 cm³/mol. The Hall–Kier alpha value is -2.86. The van der Waals surface area contributed by atoms with E-state index < -0.39 is 0 Å². The topological polar surface area (TPSA) is 61.9 Å². The van der Waals surface area contributed by atoms with E-state index in [0.717, 1.165) is 13.1 Å². The van der Waals surface area contributed by atoms with Crippen LogP contribution in [0.1, 0.15) is 11.7 Å².